The molecule has 0 aliphatic heterocycles. The van der Waals surface area contributed by atoms with Crippen molar-refractivity contribution in [1.82, 2.24) is 0 Å². The molecule has 0 aliphatic rings. The van der Waals surface area contributed by atoms with E-state index in [1.807, 2.05) is 51.1 Å². The van der Waals surface area contributed by atoms with Crippen LogP contribution in [0.2, 0.25) is 5.02 Å². The van der Waals surface area contributed by atoms with Crippen LogP contribution >= 0.6 is 11.6 Å². The van der Waals surface area contributed by atoms with Gasteiger partial charge in [0, 0.05) is 5.41 Å². The molecular weight excluding hydrogens is 400 g/mol. The fourth-order valence-electron chi connectivity index (χ4n) is 3.61. The Balaban J connectivity index is 2.33. The number of esters is 1. The molecule has 0 radical (unpaired) electrons. The molecule has 164 valence electrons. The summed E-state index contributed by atoms with van der Waals surface area (Å²) in [5.74, 6) is 0.216. The lowest BCUT2D eigenvalue weighted by Crippen LogP contribution is -2.32. The average Bonchev–Trinajstić information content (AvgIpc) is 2.73. The Bertz CT molecular complexity index is 848. The van der Waals surface area contributed by atoms with Crippen molar-refractivity contribution < 1.29 is 19.4 Å². The van der Waals surface area contributed by atoms with Crippen molar-refractivity contribution >= 4 is 17.6 Å². The average molecular weight is 433 g/mol. The van der Waals surface area contributed by atoms with Crippen molar-refractivity contribution in [2.75, 3.05) is 13.7 Å². The standard InChI is InChI=1S/C25H33ClO4/c1-7-25(8-2,18-11-9-17(10-12-18)23(28)29-6)19-13-14-21(20(26)15-19)30-16-22(27)24(3,4)5/h9-15,22,27H,7-8,16H2,1-6H3. The van der Waals surface area contributed by atoms with Gasteiger partial charge in [0.05, 0.1) is 23.8 Å². The Morgan fingerprint density at radius 1 is 1.03 bits per heavy atom. The summed E-state index contributed by atoms with van der Waals surface area (Å²) in [6.45, 7) is 10.4. The molecule has 1 unspecified atom stereocenters. The SMILES string of the molecule is CCC(CC)(c1ccc(C(=O)OC)cc1)c1ccc(OCC(O)C(C)(C)C)c(Cl)c1. The first-order valence-corrected chi connectivity index (χ1v) is 10.8. The number of benzene rings is 2. The first-order valence-electron chi connectivity index (χ1n) is 10.4. The number of methoxy groups -OCH3 is 1. The maximum Gasteiger partial charge on any atom is 0.337 e. The predicted octanol–water partition coefficient (Wildman–Crippen LogP) is 6.02. The van der Waals surface area contributed by atoms with Crippen LogP contribution in [0.15, 0.2) is 42.5 Å². The van der Waals surface area contributed by atoms with E-state index < -0.39 is 6.10 Å². The molecule has 2 aromatic carbocycles. The van der Waals surface area contributed by atoms with Crippen molar-refractivity contribution in [2.24, 2.45) is 5.41 Å². The molecule has 0 bridgehead atoms. The van der Waals surface area contributed by atoms with Crippen LogP contribution in [0.4, 0.5) is 0 Å². The summed E-state index contributed by atoms with van der Waals surface area (Å²) in [7, 11) is 1.38. The lowest BCUT2D eigenvalue weighted by atomic mass is 9.70. The third kappa shape index (κ3) is 5.16. The minimum absolute atomic E-state index is 0.185. The molecule has 4 nitrogen and oxygen atoms in total. The second-order valence-corrected chi connectivity index (χ2v) is 9.10. The molecule has 0 heterocycles. The number of ether oxygens (including phenoxy) is 2. The smallest absolute Gasteiger partial charge is 0.337 e. The topological polar surface area (TPSA) is 55.8 Å². The highest BCUT2D eigenvalue weighted by Crippen LogP contribution is 2.41. The Labute approximate surface area is 185 Å². The van der Waals surface area contributed by atoms with Crippen LogP contribution in [0.25, 0.3) is 0 Å². The fraction of sp³-hybridized carbons (Fsp3) is 0.480. The number of halogens is 1. The molecule has 0 fully saturated rings. The fourth-order valence-corrected chi connectivity index (χ4v) is 3.85. The highest BCUT2D eigenvalue weighted by atomic mass is 35.5. The molecule has 1 atom stereocenters. The summed E-state index contributed by atoms with van der Waals surface area (Å²) >= 11 is 6.55. The molecule has 30 heavy (non-hydrogen) atoms. The Morgan fingerprint density at radius 3 is 2.07 bits per heavy atom. The van der Waals surface area contributed by atoms with Gasteiger partial charge in [0.25, 0.3) is 0 Å². The quantitative estimate of drug-likeness (QED) is 0.518. The Kier molecular flexibility index (Phi) is 7.95. The highest BCUT2D eigenvalue weighted by Gasteiger charge is 2.31. The van der Waals surface area contributed by atoms with Crippen molar-refractivity contribution in [3.63, 3.8) is 0 Å². The zero-order chi connectivity index (χ0) is 22.5. The first-order chi connectivity index (χ1) is 14.1. The summed E-state index contributed by atoms with van der Waals surface area (Å²) in [6.07, 6.45) is 1.16. The van der Waals surface area contributed by atoms with E-state index in [1.54, 1.807) is 12.1 Å². The van der Waals surface area contributed by atoms with Gasteiger partial charge in [-0.05, 0) is 53.6 Å². The Hall–Kier alpha value is -2.04. The van der Waals surface area contributed by atoms with E-state index in [4.69, 9.17) is 21.1 Å². The molecule has 0 spiro atoms. The summed E-state index contributed by atoms with van der Waals surface area (Å²) in [6, 6.07) is 13.4. The predicted molar refractivity (Wildman–Crippen MR) is 122 cm³/mol. The van der Waals surface area contributed by atoms with Gasteiger partial charge in [0.1, 0.15) is 12.4 Å². The number of hydrogen-bond acceptors (Lipinski definition) is 4. The van der Waals surface area contributed by atoms with Gasteiger partial charge in [-0.2, -0.15) is 0 Å². The number of aliphatic hydroxyl groups is 1. The lowest BCUT2D eigenvalue weighted by molar-refractivity contribution is 0.0218. The molecule has 0 saturated heterocycles. The molecular formula is C25H33ClO4. The minimum atomic E-state index is -0.591. The molecule has 2 rings (SSSR count). The van der Waals surface area contributed by atoms with Crippen LogP contribution in [0, 0.1) is 5.41 Å². The van der Waals surface area contributed by atoms with Gasteiger partial charge in [0.15, 0.2) is 0 Å². The first kappa shape index (κ1) is 24.2. The van der Waals surface area contributed by atoms with Crippen molar-refractivity contribution in [1.29, 1.82) is 0 Å². The van der Waals surface area contributed by atoms with E-state index in [9.17, 15) is 9.90 Å². The molecule has 1 N–H and O–H groups in total. The third-order valence-corrected chi connectivity index (χ3v) is 6.24. The zero-order valence-corrected chi connectivity index (χ0v) is 19.5. The molecule has 0 amide bonds. The number of aliphatic hydroxyl groups excluding tert-OH is 1. The minimum Gasteiger partial charge on any atom is -0.489 e. The highest BCUT2D eigenvalue weighted by molar-refractivity contribution is 6.32. The lowest BCUT2D eigenvalue weighted by Gasteiger charge is -2.34. The van der Waals surface area contributed by atoms with E-state index in [2.05, 4.69) is 13.8 Å². The van der Waals surface area contributed by atoms with E-state index in [1.165, 1.54) is 7.11 Å². The monoisotopic (exact) mass is 432 g/mol. The van der Waals surface area contributed by atoms with Gasteiger partial charge in [-0.15, -0.1) is 0 Å². The van der Waals surface area contributed by atoms with E-state index in [0.717, 1.165) is 24.0 Å². The maximum atomic E-state index is 11.8. The number of hydrogen-bond donors (Lipinski definition) is 1. The maximum absolute atomic E-state index is 11.8. The van der Waals surface area contributed by atoms with Crippen LogP contribution in [0.1, 0.15) is 68.9 Å². The second kappa shape index (κ2) is 9.84. The number of carbonyl (C=O) groups is 1. The summed E-state index contributed by atoms with van der Waals surface area (Å²) in [5, 5.41) is 10.7. The van der Waals surface area contributed by atoms with Gasteiger partial charge in [-0.25, -0.2) is 4.79 Å². The molecule has 0 saturated carbocycles. The van der Waals surface area contributed by atoms with E-state index >= 15 is 0 Å². The largest absolute Gasteiger partial charge is 0.489 e. The van der Waals surface area contributed by atoms with Crippen LogP contribution in [0.5, 0.6) is 5.75 Å². The van der Waals surface area contributed by atoms with Crippen molar-refractivity contribution in [3.8, 4) is 5.75 Å². The molecule has 5 heteroatoms. The molecule has 2 aromatic rings. The summed E-state index contributed by atoms with van der Waals surface area (Å²) < 4.78 is 10.6. The van der Waals surface area contributed by atoms with Gasteiger partial charge < -0.3 is 14.6 Å². The third-order valence-electron chi connectivity index (χ3n) is 5.95. The number of rotatable bonds is 8. The van der Waals surface area contributed by atoms with Crippen molar-refractivity contribution in [3.05, 3.63) is 64.2 Å². The zero-order valence-electron chi connectivity index (χ0n) is 18.8. The Morgan fingerprint density at radius 2 is 1.60 bits per heavy atom. The number of carbonyl (C=O) groups excluding carboxylic acids is 1. The van der Waals surface area contributed by atoms with Gasteiger partial charge in [-0.1, -0.05) is 64.4 Å². The van der Waals surface area contributed by atoms with Gasteiger partial charge in [-0.3, -0.25) is 0 Å². The van der Waals surface area contributed by atoms with Crippen molar-refractivity contribution in [2.45, 2.75) is 59.0 Å². The molecule has 0 aromatic heterocycles. The van der Waals surface area contributed by atoms with Crippen LogP contribution in [-0.4, -0.2) is 30.9 Å². The van der Waals surface area contributed by atoms with Gasteiger partial charge in [0.2, 0.25) is 0 Å². The summed E-state index contributed by atoms with van der Waals surface area (Å²) in [5.41, 5.74) is 2.24. The van der Waals surface area contributed by atoms with Crippen LogP contribution in [-0.2, 0) is 10.2 Å². The van der Waals surface area contributed by atoms with E-state index in [0.29, 0.717) is 16.3 Å². The van der Waals surface area contributed by atoms with Crippen LogP contribution in [0.3, 0.4) is 0 Å². The normalized spacial score (nSPS) is 13.1. The molecule has 0 aliphatic carbocycles. The van der Waals surface area contributed by atoms with E-state index in [-0.39, 0.29) is 23.4 Å². The second-order valence-electron chi connectivity index (χ2n) is 8.70. The van der Waals surface area contributed by atoms with Crippen LogP contribution < -0.4 is 4.74 Å². The summed E-state index contributed by atoms with van der Waals surface area (Å²) in [4.78, 5) is 11.8. The van der Waals surface area contributed by atoms with Gasteiger partial charge >= 0.3 is 5.97 Å².